The second-order valence-electron chi connectivity index (χ2n) is 5.86. The number of unbranched alkanes of at least 4 members (excludes halogenated alkanes) is 2. The number of urea groups is 1. The summed E-state index contributed by atoms with van der Waals surface area (Å²) in [7, 11) is 0. The van der Waals surface area contributed by atoms with Crippen LogP contribution in [-0.2, 0) is 16.1 Å². The van der Waals surface area contributed by atoms with E-state index in [0.717, 1.165) is 31.2 Å². The van der Waals surface area contributed by atoms with Crippen LogP contribution in [0.1, 0.15) is 44.6 Å². The number of amides is 2. The molecule has 0 aliphatic carbocycles. The van der Waals surface area contributed by atoms with Crippen LogP contribution in [0.2, 0.25) is 5.02 Å². The van der Waals surface area contributed by atoms with Crippen molar-refractivity contribution in [2.24, 2.45) is 0 Å². The van der Waals surface area contributed by atoms with Crippen LogP contribution in [0.15, 0.2) is 24.3 Å². The molecule has 2 rings (SSSR count). The molecule has 1 saturated heterocycles. The van der Waals surface area contributed by atoms with E-state index in [4.69, 9.17) is 16.3 Å². The van der Waals surface area contributed by atoms with Crippen molar-refractivity contribution in [1.82, 2.24) is 10.6 Å². The van der Waals surface area contributed by atoms with Crippen LogP contribution < -0.4 is 10.6 Å². The lowest BCUT2D eigenvalue weighted by atomic mass is 10.0. The van der Waals surface area contributed by atoms with Crippen molar-refractivity contribution in [2.45, 2.75) is 57.7 Å². The van der Waals surface area contributed by atoms with E-state index in [1.54, 1.807) is 6.07 Å². The average molecular weight is 339 g/mol. The zero-order valence-electron chi connectivity index (χ0n) is 13.3. The van der Waals surface area contributed by atoms with Gasteiger partial charge >= 0.3 is 12.0 Å². The molecule has 2 N–H and O–H groups in total. The first-order chi connectivity index (χ1) is 11.1. The van der Waals surface area contributed by atoms with E-state index in [0.29, 0.717) is 11.4 Å². The van der Waals surface area contributed by atoms with Crippen LogP contribution in [0.4, 0.5) is 4.79 Å². The number of hydrogen-bond acceptors (Lipinski definition) is 3. The predicted octanol–water partition coefficient (Wildman–Crippen LogP) is 3.40. The monoisotopic (exact) mass is 338 g/mol. The Bertz CT molecular complexity index is 550. The molecule has 0 spiro atoms. The molecular weight excluding hydrogens is 316 g/mol. The largest absolute Gasteiger partial charge is 0.461 e. The summed E-state index contributed by atoms with van der Waals surface area (Å²) in [5.74, 6) is -0.200. The Labute approximate surface area is 141 Å². The highest BCUT2D eigenvalue weighted by Gasteiger charge is 2.26. The van der Waals surface area contributed by atoms with Gasteiger partial charge in [0.1, 0.15) is 6.61 Å². The summed E-state index contributed by atoms with van der Waals surface area (Å²) >= 11 is 6.01. The fraction of sp³-hybridized carbons (Fsp3) is 0.529. The van der Waals surface area contributed by atoms with E-state index < -0.39 is 0 Å². The molecule has 23 heavy (non-hydrogen) atoms. The van der Waals surface area contributed by atoms with Gasteiger partial charge in [0.25, 0.3) is 0 Å². The molecule has 6 heteroatoms. The fourth-order valence-corrected chi connectivity index (χ4v) is 2.81. The minimum Gasteiger partial charge on any atom is -0.461 e. The molecule has 5 nitrogen and oxygen atoms in total. The highest BCUT2D eigenvalue weighted by molar-refractivity contribution is 6.31. The Morgan fingerprint density at radius 3 is 2.70 bits per heavy atom. The molecule has 2 unspecified atom stereocenters. The first-order valence-corrected chi connectivity index (χ1v) is 8.40. The van der Waals surface area contributed by atoms with E-state index in [1.807, 2.05) is 25.1 Å². The van der Waals surface area contributed by atoms with Crippen molar-refractivity contribution in [3.8, 4) is 0 Å². The quantitative estimate of drug-likeness (QED) is 0.564. The number of esters is 1. The van der Waals surface area contributed by atoms with E-state index in [-0.39, 0.29) is 30.7 Å². The number of carbonyl (C=O) groups is 2. The molecule has 1 aliphatic rings. The Morgan fingerprint density at radius 2 is 2.00 bits per heavy atom. The number of halogens is 1. The number of nitrogens with one attached hydrogen (secondary N) is 2. The van der Waals surface area contributed by atoms with Crippen LogP contribution in [0.25, 0.3) is 0 Å². The normalized spacial score (nSPS) is 20.0. The molecule has 0 aromatic heterocycles. The van der Waals surface area contributed by atoms with Gasteiger partial charge in [-0.25, -0.2) is 4.79 Å². The molecule has 1 aliphatic heterocycles. The first-order valence-electron chi connectivity index (χ1n) is 8.02. The molecule has 0 saturated carbocycles. The van der Waals surface area contributed by atoms with Gasteiger partial charge in [-0.05, 0) is 25.8 Å². The maximum Gasteiger partial charge on any atom is 0.315 e. The SMILES string of the molecule is CC1NC(=O)NC1CCCCCC(=O)OCc1ccccc1Cl. The highest BCUT2D eigenvalue weighted by Crippen LogP contribution is 2.16. The number of hydrogen-bond donors (Lipinski definition) is 2. The molecule has 2 atom stereocenters. The van der Waals surface area contributed by atoms with Gasteiger partial charge in [0.2, 0.25) is 0 Å². The van der Waals surface area contributed by atoms with E-state index >= 15 is 0 Å². The lowest BCUT2D eigenvalue weighted by molar-refractivity contribution is -0.145. The molecular formula is C17H23ClN2O3. The van der Waals surface area contributed by atoms with Crippen molar-refractivity contribution in [3.63, 3.8) is 0 Å². The maximum atomic E-state index is 11.7. The summed E-state index contributed by atoms with van der Waals surface area (Å²) in [6.45, 7) is 2.21. The van der Waals surface area contributed by atoms with Gasteiger partial charge < -0.3 is 15.4 Å². The Balaban J connectivity index is 1.55. The van der Waals surface area contributed by atoms with E-state index in [2.05, 4.69) is 10.6 Å². The third kappa shape index (κ3) is 5.75. The van der Waals surface area contributed by atoms with Gasteiger partial charge in [-0.3, -0.25) is 4.79 Å². The third-order valence-electron chi connectivity index (χ3n) is 4.02. The third-order valence-corrected chi connectivity index (χ3v) is 4.39. The zero-order valence-corrected chi connectivity index (χ0v) is 14.1. The van der Waals surface area contributed by atoms with E-state index in [1.165, 1.54) is 0 Å². The van der Waals surface area contributed by atoms with Crippen LogP contribution in [0.3, 0.4) is 0 Å². The number of ether oxygens (including phenoxy) is 1. The van der Waals surface area contributed by atoms with Crippen molar-refractivity contribution in [2.75, 3.05) is 0 Å². The standard InChI is InChI=1S/C17H23ClN2O3/c1-12-15(20-17(22)19-12)9-3-2-4-10-16(21)23-11-13-7-5-6-8-14(13)18/h5-8,12,15H,2-4,9-11H2,1H3,(H2,19,20,22). The molecule has 1 fully saturated rings. The Morgan fingerprint density at radius 1 is 1.22 bits per heavy atom. The lowest BCUT2D eigenvalue weighted by Crippen LogP contribution is -2.30. The number of benzene rings is 1. The average Bonchev–Trinajstić information content (AvgIpc) is 2.84. The molecule has 1 aromatic rings. The molecule has 0 radical (unpaired) electrons. The number of rotatable bonds is 8. The second kappa shape index (κ2) is 8.77. The van der Waals surface area contributed by atoms with Gasteiger partial charge in [-0.15, -0.1) is 0 Å². The highest BCUT2D eigenvalue weighted by atomic mass is 35.5. The van der Waals surface area contributed by atoms with Crippen LogP contribution in [0, 0.1) is 0 Å². The molecule has 1 heterocycles. The fourth-order valence-electron chi connectivity index (χ4n) is 2.62. The minimum atomic E-state index is -0.200. The maximum absolute atomic E-state index is 11.7. The van der Waals surface area contributed by atoms with Crippen molar-refractivity contribution in [1.29, 1.82) is 0 Å². The van der Waals surface area contributed by atoms with Gasteiger partial charge in [0.05, 0.1) is 6.04 Å². The van der Waals surface area contributed by atoms with Crippen molar-refractivity contribution in [3.05, 3.63) is 34.9 Å². The minimum absolute atomic E-state index is 0.0920. The number of carbonyl (C=O) groups excluding carboxylic acids is 2. The summed E-state index contributed by atoms with van der Waals surface area (Å²) < 4.78 is 5.23. The van der Waals surface area contributed by atoms with Gasteiger partial charge in [-0.1, -0.05) is 42.6 Å². The lowest BCUT2D eigenvalue weighted by Gasteiger charge is -2.13. The predicted molar refractivity (Wildman–Crippen MR) is 89.3 cm³/mol. The van der Waals surface area contributed by atoms with Gasteiger partial charge in [0.15, 0.2) is 0 Å². The molecule has 126 valence electrons. The van der Waals surface area contributed by atoms with Gasteiger partial charge in [-0.2, -0.15) is 0 Å². The van der Waals surface area contributed by atoms with Crippen molar-refractivity contribution < 1.29 is 14.3 Å². The van der Waals surface area contributed by atoms with Gasteiger partial charge in [0, 0.05) is 23.0 Å². The second-order valence-corrected chi connectivity index (χ2v) is 6.27. The van der Waals surface area contributed by atoms with Crippen LogP contribution in [0.5, 0.6) is 0 Å². The topological polar surface area (TPSA) is 67.4 Å². The smallest absolute Gasteiger partial charge is 0.315 e. The van der Waals surface area contributed by atoms with E-state index in [9.17, 15) is 9.59 Å². The summed E-state index contributed by atoms with van der Waals surface area (Å²) in [6.07, 6.45) is 4.06. The molecule has 0 bridgehead atoms. The molecule has 2 amide bonds. The summed E-state index contributed by atoms with van der Waals surface area (Å²) in [5, 5.41) is 6.33. The Kier molecular flexibility index (Phi) is 6.71. The molecule has 1 aromatic carbocycles. The Hall–Kier alpha value is -1.75. The van der Waals surface area contributed by atoms with Crippen LogP contribution >= 0.6 is 11.6 Å². The van der Waals surface area contributed by atoms with Crippen molar-refractivity contribution >= 4 is 23.6 Å². The first kappa shape index (κ1) is 17.6. The summed E-state index contributed by atoms with van der Waals surface area (Å²) in [5.41, 5.74) is 0.820. The zero-order chi connectivity index (χ0) is 16.7. The summed E-state index contributed by atoms with van der Waals surface area (Å²) in [4.78, 5) is 22.9. The van der Waals surface area contributed by atoms with Crippen LogP contribution in [-0.4, -0.2) is 24.1 Å². The summed E-state index contributed by atoms with van der Waals surface area (Å²) in [6, 6.07) is 7.61.